The van der Waals surface area contributed by atoms with Gasteiger partial charge in [-0.15, -0.1) is 0 Å². The summed E-state index contributed by atoms with van der Waals surface area (Å²) in [6, 6.07) is 4.23. The van der Waals surface area contributed by atoms with E-state index in [4.69, 9.17) is 4.42 Å². The first kappa shape index (κ1) is 15.6. The number of nitrogens with zero attached hydrogens (tertiary/aromatic N) is 1. The SMILES string of the molecule is CN=C(NCc1cc(C)oc1C)NCC(C)c1ccsc1. The minimum absolute atomic E-state index is 0.465. The molecular formula is C16H23N3OS. The highest BCUT2D eigenvalue weighted by Crippen LogP contribution is 2.17. The van der Waals surface area contributed by atoms with E-state index in [1.54, 1.807) is 18.4 Å². The van der Waals surface area contributed by atoms with Crippen LogP contribution in [0, 0.1) is 13.8 Å². The van der Waals surface area contributed by atoms with Crippen molar-refractivity contribution in [1.82, 2.24) is 10.6 Å². The molecule has 0 radical (unpaired) electrons. The third kappa shape index (κ3) is 4.36. The molecule has 2 aromatic heterocycles. The summed E-state index contributed by atoms with van der Waals surface area (Å²) in [6.07, 6.45) is 0. The molecule has 0 amide bonds. The predicted octanol–water partition coefficient (Wildman–Crippen LogP) is 3.43. The van der Waals surface area contributed by atoms with Crippen molar-refractivity contribution in [1.29, 1.82) is 0 Å². The van der Waals surface area contributed by atoms with Crippen molar-refractivity contribution in [2.24, 2.45) is 4.99 Å². The van der Waals surface area contributed by atoms with E-state index in [1.165, 1.54) is 11.1 Å². The van der Waals surface area contributed by atoms with Gasteiger partial charge in [0.15, 0.2) is 5.96 Å². The van der Waals surface area contributed by atoms with Gasteiger partial charge in [0, 0.05) is 25.7 Å². The van der Waals surface area contributed by atoms with Gasteiger partial charge in [-0.3, -0.25) is 4.99 Å². The number of guanidine groups is 1. The Bertz CT molecular complexity index is 587. The van der Waals surface area contributed by atoms with Crippen LogP contribution < -0.4 is 10.6 Å². The molecule has 0 bridgehead atoms. The first-order chi connectivity index (χ1) is 10.1. The summed E-state index contributed by atoms with van der Waals surface area (Å²) in [6.45, 7) is 7.74. The van der Waals surface area contributed by atoms with Crippen molar-refractivity contribution in [3.05, 3.63) is 45.5 Å². The molecule has 1 unspecified atom stereocenters. The predicted molar refractivity (Wildman–Crippen MR) is 89.1 cm³/mol. The average Bonchev–Trinajstić information content (AvgIpc) is 3.09. The Morgan fingerprint density at radius 2 is 2.19 bits per heavy atom. The fourth-order valence-corrected chi connectivity index (χ4v) is 2.96. The average molecular weight is 305 g/mol. The van der Waals surface area contributed by atoms with Crippen molar-refractivity contribution < 1.29 is 4.42 Å². The lowest BCUT2D eigenvalue weighted by Gasteiger charge is -2.15. The van der Waals surface area contributed by atoms with E-state index in [0.29, 0.717) is 5.92 Å². The Labute approximate surface area is 130 Å². The zero-order valence-electron chi connectivity index (χ0n) is 13.1. The number of thiophene rings is 1. The second kappa shape index (κ2) is 7.31. The Balaban J connectivity index is 1.82. The smallest absolute Gasteiger partial charge is 0.191 e. The number of hydrogen-bond acceptors (Lipinski definition) is 3. The molecule has 0 aliphatic rings. The molecule has 5 heteroatoms. The van der Waals surface area contributed by atoms with Gasteiger partial charge >= 0.3 is 0 Å². The van der Waals surface area contributed by atoms with E-state index in [-0.39, 0.29) is 0 Å². The van der Waals surface area contributed by atoms with Gasteiger partial charge < -0.3 is 15.1 Å². The van der Waals surface area contributed by atoms with Gasteiger partial charge in [0.05, 0.1) is 0 Å². The third-order valence-electron chi connectivity index (χ3n) is 3.50. The molecule has 2 rings (SSSR count). The van der Waals surface area contributed by atoms with Crippen LogP contribution in [0.25, 0.3) is 0 Å². The van der Waals surface area contributed by atoms with Gasteiger partial charge in [0.1, 0.15) is 11.5 Å². The summed E-state index contributed by atoms with van der Waals surface area (Å²) < 4.78 is 5.53. The van der Waals surface area contributed by atoms with Crippen molar-refractivity contribution >= 4 is 17.3 Å². The number of furan rings is 1. The fourth-order valence-electron chi connectivity index (χ4n) is 2.18. The van der Waals surface area contributed by atoms with Gasteiger partial charge in [-0.2, -0.15) is 11.3 Å². The first-order valence-electron chi connectivity index (χ1n) is 7.12. The summed E-state index contributed by atoms with van der Waals surface area (Å²) in [5.41, 5.74) is 2.53. The van der Waals surface area contributed by atoms with Gasteiger partial charge in [-0.25, -0.2) is 0 Å². The van der Waals surface area contributed by atoms with Crippen LogP contribution >= 0.6 is 11.3 Å². The summed E-state index contributed by atoms with van der Waals surface area (Å²) in [7, 11) is 1.79. The highest BCUT2D eigenvalue weighted by molar-refractivity contribution is 7.07. The van der Waals surface area contributed by atoms with Crippen LogP contribution in [-0.2, 0) is 6.54 Å². The Morgan fingerprint density at radius 1 is 1.38 bits per heavy atom. The minimum Gasteiger partial charge on any atom is -0.466 e. The molecule has 2 aromatic rings. The molecule has 2 N–H and O–H groups in total. The van der Waals surface area contributed by atoms with Gasteiger partial charge in [0.2, 0.25) is 0 Å². The molecule has 0 saturated heterocycles. The van der Waals surface area contributed by atoms with Crippen LogP contribution in [-0.4, -0.2) is 19.6 Å². The van der Waals surface area contributed by atoms with E-state index in [2.05, 4.69) is 45.4 Å². The topological polar surface area (TPSA) is 49.6 Å². The molecule has 0 saturated carbocycles. The van der Waals surface area contributed by atoms with E-state index in [0.717, 1.165) is 30.6 Å². The van der Waals surface area contributed by atoms with E-state index >= 15 is 0 Å². The molecule has 21 heavy (non-hydrogen) atoms. The zero-order chi connectivity index (χ0) is 15.2. The highest BCUT2D eigenvalue weighted by Gasteiger charge is 2.08. The molecule has 1 atom stereocenters. The van der Waals surface area contributed by atoms with E-state index in [1.807, 2.05) is 13.8 Å². The van der Waals surface area contributed by atoms with Crippen molar-refractivity contribution in [2.75, 3.05) is 13.6 Å². The number of nitrogens with one attached hydrogen (secondary N) is 2. The standard InChI is InChI=1S/C16H23N3OS/c1-11(14-5-6-21-10-14)8-18-16(17-4)19-9-15-7-12(2)20-13(15)3/h5-7,10-11H,8-9H2,1-4H3,(H2,17,18,19). The highest BCUT2D eigenvalue weighted by atomic mass is 32.1. The second-order valence-corrected chi connectivity index (χ2v) is 5.98. The van der Waals surface area contributed by atoms with E-state index in [9.17, 15) is 0 Å². The van der Waals surface area contributed by atoms with E-state index < -0.39 is 0 Å². The first-order valence-corrected chi connectivity index (χ1v) is 8.07. The Hall–Kier alpha value is -1.75. The quantitative estimate of drug-likeness (QED) is 0.657. The minimum atomic E-state index is 0.465. The fraction of sp³-hybridized carbons (Fsp3) is 0.438. The number of hydrogen-bond donors (Lipinski definition) is 2. The van der Waals surface area contributed by atoms with Crippen molar-refractivity contribution in [3.63, 3.8) is 0 Å². The summed E-state index contributed by atoms with van der Waals surface area (Å²) in [5.74, 6) is 3.18. The van der Waals surface area contributed by atoms with Gasteiger partial charge in [-0.05, 0) is 48.2 Å². The van der Waals surface area contributed by atoms with Crippen LogP contribution in [0.1, 0.15) is 35.5 Å². The maximum Gasteiger partial charge on any atom is 0.191 e. The second-order valence-electron chi connectivity index (χ2n) is 5.20. The molecule has 0 spiro atoms. The monoisotopic (exact) mass is 305 g/mol. The lowest BCUT2D eigenvalue weighted by atomic mass is 10.1. The van der Waals surface area contributed by atoms with Crippen molar-refractivity contribution in [3.8, 4) is 0 Å². The number of aryl methyl sites for hydroxylation is 2. The normalized spacial score (nSPS) is 13.2. The summed E-state index contributed by atoms with van der Waals surface area (Å²) in [5, 5.41) is 11.0. The molecule has 4 nitrogen and oxygen atoms in total. The number of rotatable bonds is 5. The van der Waals surface area contributed by atoms with Gasteiger partial charge in [-0.1, -0.05) is 6.92 Å². The van der Waals surface area contributed by atoms with Crippen molar-refractivity contribution in [2.45, 2.75) is 33.2 Å². The van der Waals surface area contributed by atoms with Crippen LogP contribution in [0.5, 0.6) is 0 Å². The maximum atomic E-state index is 5.53. The third-order valence-corrected chi connectivity index (χ3v) is 4.20. The van der Waals surface area contributed by atoms with Crippen LogP contribution in [0.4, 0.5) is 0 Å². The summed E-state index contributed by atoms with van der Waals surface area (Å²) in [4.78, 5) is 4.26. The number of aliphatic imine (C=N–C) groups is 1. The maximum absolute atomic E-state index is 5.53. The molecule has 2 heterocycles. The van der Waals surface area contributed by atoms with Crippen LogP contribution in [0.3, 0.4) is 0 Å². The molecule has 0 fully saturated rings. The lowest BCUT2D eigenvalue weighted by molar-refractivity contribution is 0.500. The molecule has 0 aromatic carbocycles. The largest absolute Gasteiger partial charge is 0.466 e. The lowest BCUT2D eigenvalue weighted by Crippen LogP contribution is -2.38. The molecule has 114 valence electrons. The Kier molecular flexibility index (Phi) is 5.44. The Morgan fingerprint density at radius 3 is 2.76 bits per heavy atom. The zero-order valence-corrected chi connectivity index (χ0v) is 13.9. The summed E-state index contributed by atoms with van der Waals surface area (Å²) >= 11 is 1.74. The van der Waals surface area contributed by atoms with Crippen LogP contribution in [0.15, 0.2) is 32.3 Å². The molecule has 0 aliphatic carbocycles. The molecular weight excluding hydrogens is 282 g/mol. The van der Waals surface area contributed by atoms with Gasteiger partial charge in [0.25, 0.3) is 0 Å². The van der Waals surface area contributed by atoms with Crippen LogP contribution in [0.2, 0.25) is 0 Å². The molecule has 0 aliphatic heterocycles.